The van der Waals surface area contributed by atoms with E-state index in [9.17, 15) is 9.59 Å². The molecule has 0 bridgehead atoms. The first kappa shape index (κ1) is 11.6. The van der Waals surface area contributed by atoms with E-state index < -0.39 is 11.8 Å². The Hall–Kier alpha value is -1.36. The quantitative estimate of drug-likeness (QED) is 0.425. The summed E-state index contributed by atoms with van der Waals surface area (Å²) in [5.41, 5.74) is 0. The molecule has 0 aliphatic carbocycles. The maximum Gasteiger partial charge on any atom is 0.311 e. The Bertz CT molecular complexity index is 204. The highest BCUT2D eigenvalue weighted by Crippen LogP contribution is 1.83. The van der Waals surface area contributed by atoms with Gasteiger partial charge in [-0.05, 0) is 0 Å². The number of aliphatic hydroxyl groups is 1. The highest BCUT2D eigenvalue weighted by molar-refractivity contribution is 6.34. The fraction of sp³-hybridized carbons (Fsp3) is 0.500. The van der Waals surface area contributed by atoms with E-state index in [0.717, 1.165) is 4.90 Å². The minimum absolute atomic E-state index is 0.153. The summed E-state index contributed by atoms with van der Waals surface area (Å²) in [4.78, 5) is 23.2. The van der Waals surface area contributed by atoms with Crippen molar-refractivity contribution in [2.45, 2.75) is 0 Å². The monoisotopic (exact) mass is 186 g/mol. The Kier molecular flexibility index (Phi) is 5.54. The lowest BCUT2D eigenvalue weighted by molar-refractivity contribution is -0.145. The number of carbonyl (C=O) groups excluding carboxylic acids is 2. The van der Waals surface area contributed by atoms with Crippen LogP contribution in [-0.2, 0) is 9.59 Å². The molecule has 74 valence electrons. The van der Waals surface area contributed by atoms with Gasteiger partial charge in [0.05, 0.1) is 6.61 Å². The van der Waals surface area contributed by atoms with Crippen LogP contribution in [0.25, 0.3) is 0 Å². The smallest absolute Gasteiger partial charge is 0.311 e. The molecule has 0 aromatic heterocycles. The summed E-state index contributed by atoms with van der Waals surface area (Å²) < 4.78 is 0. The summed E-state index contributed by atoms with van der Waals surface area (Å²) in [6.07, 6.45) is 1.48. The number of nitrogens with one attached hydrogen (secondary N) is 1. The van der Waals surface area contributed by atoms with Gasteiger partial charge in [-0.3, -0.25) is 9.59 Å². The highest BCUT2D eigenvalue weighted by atomic mass is 16.3. The largest absolute Gasteiger partial charge is 0.395 e. The van der Waals surface area contributed by atoms with Gasteiger partial charge in [0, 0.05) is 20.1 Å². The molecule has 0 aliphatic heterocycles. The van der Waals surface area contributed by atoms with Crippen LogP contribution in [0, 0.1) is 0 Å². The molecule has 0 saturated carbocycles. The van der Waals surface area contributed by atoms with Crippen molar-refractivity contribution in [1.29, 1.82) is 0 Å². The van der Waals surface area contributed by atoms with Crippen molar-refractivity contribution in [2.75, 3.05) is 26.7 Å². The van der Waals surface area contributed by atoms with Crippen LogP contribution in [0.4, 0.5) is 0 Å². The SMILES string of the molecule is C=CCNC(=O)C(=O)N(C)CCO. The molecule has 0 saturated heterocycles. The van der Waals surface area contributed by atoms with Crippen LogP contribution in [0.1, 0.15) is 0 Å². The van der Waals surface area contributed by atoms with Crippen molar-refractivity contribution in [2.24, 2.45) is 0 Å². The third-order valence-corrected chi connectivity index (χ3v) is 1.38. The first-order valence-corrected chi connectivity index (χ1v) is 3.88. The second kappa shape index (κ2) is 6.19. The summed E-state index contributed by atoms with van der Waals surface area (Å²) in [5, 5.41) is 10.8. The van der Waals surface area contributed by atoms with Gasteiger partial charge in [-0.15, -0.1) is 6.58 Å². The standard InChI is InChI=1S/C8H14N2O3/c1-3-4-9-7(12)8(13)10(2)5-6-11/h3,11H,1,4-6H2,2H3,(H,9,12). The number of carbonyl (C=O) groups is 2. The van der Waals surface area contributed by atoms with Gasteiger partial charge in [-0.2, -0.15) is 0 Å². The average Bonchev–Trinajstić information content (AvgIpc) is 2.13. The van der Waals surface area contributed by atoms with Crippen LogP contribution in [0.15, 0.2) is 12.7 Å². The molecule has 13 heavy (non-hydrogen) atoms. The van der Waals surface area contributed by atoms with Crippen LogP contribution in [0.3, 0.4) is 0 Å². The predicted molar refractivity (Wildman–Crippen MR) is 47.9 cm³/mol. The number of amides is 2. The number of aliphatic hydroxyl groups excluding tert-OH is 1. The van der Waals surface area contributed by atoms with Gasteiger partial charge in [-0.1, -0.05) is 6.08 Å². The number of nitrogens with zero attached hydrogens (tertiary/aromatic N) is 1. The molecule has 0 radical (unpaired) electrons. The third kappa shape index (κ3) is 4.27. The summed E-state index contributed by atoms with van der Waals surface area (Å²) in [7, 11) is 1.45. The van der Waals surface area contributed by atoms with E-state index in [0.29, 0.717) is 0 Å². The molecule has 0 rings (SSSR count). The van der Waals surface area contributed by atoms with Crippen molar-refractivity contribution >= 4 is 11.8 Å². The Morgan fingerprint density at radius 2 is 2.23 bits per heavy atom. The summed E-state index contributed by atoms with van der Waals surface area (Å²) in [6.45, 7) is 3.65. The number of rotatable bonds is 4. The molecule has 0 atom stereocenters. The topological polar surface area (TPSA) is 69.6 Å². The van der Waals surface area contributed by atoms with Gasteiger partial charge in [-0.25, -0.2) is 0 Å². The molecule has 0 aliphatic rings. The van der Waals surface area contributed by atoms with Gasteiger partial charge in [0.2, 0.25) is 0 Å². The molecule has 0 unspecified atom stereocenters. The molecule has 0 aromatic carbocycles. The molecule has 0 aromatic rings. The first-order chi connectivity index (χ1) is 6.13. The van der Waals surface area contributed by atoms with Gasteiger partial charge in [0.1, 0.15) is 0 Å². The molecule has 0 spiro atoms. The minimum Gasteiger partial charge on any atom is -0.395 e. The van der Waals surface area contributed by atoms with E-state index in [4.69, 9.17) is 5.11 Å². The predicted octanol–water partition coefficient (Wildman–Crippen LogP) is -1.26. The second-order valence-electron chi connectivity index (χ2n) is 2.45. The number of hydrogen-bond acceptors (Lipinski definition) is 3. The van der Waals surface area contributed by atoms with Crippen molar-refractivity contribution in [3.8, 4) is 0 Å². The van der Waals surface area contributed by atoms with Crippen LogP contribution < -0.4 is 5.32 Å². The van der Waals surface area contributed by atoms with Gasteiger partial charge in [0.25, 0.3) is 0 Å². The maximum atomic E-state index is 11.1. The van der Waals surface area contributed by atoms with E-state index in [1.807, 2.05) is 0 Å². The van der Waals surface area contributed by atoms with Crippen LogP contribution in [0.2, 0.25) is 0 Å². The first-order valence-electron chi connectivity index (χ1n) is 3.88. The van der Waals surface area contributed by atoms with Crippen molar-refractivity contribution in [1.82, 2.24) is 10.2 Å². The Labute approximate surface area is 77.0 Å². The minimum atomic E-state index is -0.684. The van der Waals surface area contributed by atoms with Gasteiger partial charge < -0.3 is 15.3 Å². The van der Waals surface area contributed by atoms with Gasteiger partial charge in [0.15, 0.2) is 0 Å². The van der Waals surface area contributed by atoms with E-state index in [2.05, 4.69) is 11.9 Å². The van der Waals surface area contributed by atoms with Gasteiger partial charge >= 0.3 is 11.8 Å². The average molecular weight is 186 g/mol. The van der Waals surface area contributed by atoms with Crippen LogP contribution in [-0.4, -0.2) is 48.6 Å². The fourth-order valence-corrected chi connectivity index (χ4v) is 0.665. The van der Waals surface area contributed by atoms with Crippen LogP contribution in [0.5, 0.6) is 0 Å². The zero-order valence-corrected chi connectivity index (χ0v) is 7.62. The molecule has 0 fully saturated rings. The Balaban J connectivity index is 3.94. The Morgan fingerprint density at radius 1 is 1.62 bits per heavy atom. The van der Waals surface area contributed by atoms with Crippen molar-refractivity contribution < 1.29 is 14.7 Å². The number of likely N-dealkylation sites (N-methyl/N-ethyl adjacent to an activating group) is 1. The molecule has 0 heterocycles. The van der Waals surface area contributed by atoms with E-state index in [1.165, 1.54) is 13.1 Å². The molecule has 2 amide bonds. The molecule has 5 nitrogen and oxygen atoms in total. The van der Waals surface area contributed by atoms with Crippen molar-refractivity contribution in [3.05, 3.63) is 12.7 Å². The zero-order chi connectivity index (χ0) is 10.3. The zero-order valence-electron chi connectivity index (χ0n) is 7.62. The molecular formula is C8H14N2O3. The van der Waals surface area contributed by atoms with E-state index in [-0.39, 0.29) is 19.7 Å². The van der Waals surface area contributed by atoms with E-state index >= 15 is 0 Å². The molecule has 5 heteroatoms. The maximum absolute atomic E-state index is 11.1. The normalized spacial score (nSPS) is 9.08. The van der Waals surface area contributed by atoms with Crippen LogP contribution >= 0.6 is 0 Å². The third-order valence-electron chi connectivity index (χ3n) is 1.38. The van der Waals surface area contributed by atoms with Crippen molar-refractivity contribution in [3.63, 3.8) is 0 Å². The van der Waals surface area contributed by atoms with E-state index in [1.54, 1.807) is 0 Å². The number of hydrogen-bond donors (Lipinski definition) is 2. The lowest BCUT2D eigenvalue weighted by atomic mass is 10.4. The summed E-state index contributed by atoms with van der Waals surface area (Å²) in [6, 6.07) is 0. The molecule has 2 N–H and O–H groups in total. The molecular weight excluding hydrogens is 172 g/mol. The lowest BCUT2D eigenvalue weighted by Gasteiger charge is -2.14. The lowest BCUT2D eigenvalue weighted by Crippen LogP contribution is -2.42. The second-order valence-corrected chi connectivity index (χ2v) is 2.45. The fourth-order valence-electron chi connectivity index (χ4n) is 0.665. The summed E-state index contributed by atoms with van der Waals surface area (Å²) >= 11 is 0. The summed E-state index contributed by atoms with van der Waals surface area (Å²) in [5.74, 6) is -1.34. The highest BCUT2D eigenvalue weighted by Gasteiger charge is 2.16. The Morgan fingerprint density at radius 3 is 2.69 bits per heavy atom.